The monoisotopic (exact) mass is 619 g/mol. The maximum Gasteiger partial charge on any atom is 0.345 e. The Balaban J connectivity index is 0.000000563. The van der Waals surface area contributed by atoms with Crippen molar-refractivity contribution in [2.75, 3.05) is 5.32 Å². The Morgan fingerprint density at radius 3 is 1.57 bits per heavy atom. The van der Waals surface area contributed by atoms with E-state index in [9.17, 15) is 14.4 Å². The molecule has 2 aromatic rings. The van der Waals surface area contributed by atoms with Gasteiger partial charge in [-0.05, 0) is 42.8 Å². The maximum absolute atomic E-state index is 11.9. The first-order chi connectivity index (χ1) is 20.0. The highest BCUT2D eigenvalue weighted by atomic mass is 32.2. The molecule has 0 radical (unpaired) electrons. The standard InChI is InChI=1S/C25H41NO3.C9H12O2S2/c1-2-3-4-5-6-7-8-9-10-11-12-13-14-15-16-17-24(27)26-23-20-18-22(19-21-23)25(28)29;1-9(2,3)13-7-5-4-6(12-7)8(10)11/h18-21H,2-17H2,1H3,(H,26,27)(H,28,29);4-5H,1-3H3,(H,10,11). The predicted molar refractivity (Wildman–Crippen MR) is 178 cm³/mol. The van der Waals surface area contributed by atoms with E-state index < -0.39 is 11.9 Å². The van der Waals surface area contributed by atoms with Crippen molar-refractivity contribution < 1.29 is 24.6 Å². The molecule has 1 aromatic heterocycles. The van der Waals surface area contributed by atoms with Crippen LogP contribution in [0, 0.1) is 0 Å². The molecule has 2 rings (SSSR count). The molecular weight excluding hydrogens is 567 g/mol. The number of carbonyl (C=O) groups excluding carboxylic acids is 1. The minimum Gasteiger partial charge on any atom is -0.478 e. The zero-order chi connectivity index (χ0) is 31.2. The van der Waals surface area contributed by atoms with Gasteiger partial charge in [0.05, 0.1) is 9.77 Å². The average molecular weight is 620 g/mol. The van der Waals surface area contributed by atoms with Gasteiger partial charge in [-0.25, -0.2) is 9.59 Å². The van der Waals surface area contributed by atoms with Gasteiger partial charge in [0, 0.05) is 16.9 Å². The third kappa shape index (κ3) is 19.7. The number of anilines is 1. The van der Waals surface area contributed by atoms with E-state index in [2.05, 4.69) is 33.0 Å². The highest BCUT2D eigenvalue weighted by Gasteiger charge is 2.15. The third-order valence-corrected chi connectivity index (χ3v) is 8.94. The second-order valence-electron chi connectivity index (χ2n) is 11.8. The number of carboxylic acids is 2. The van der Waals surface area contributed by atoms with E-state index in [1.165, 1.54) is 107 Å². The fourth-order valence-corrected chi connectivity index (χ4v) is 6.87. The van der Waals surface area contributed by atoms with Gasteiger partial charge in [-0.15, -0.1) is 23.1 Å². The molecule has 42 heavy (non-hydrogen) atoms. The summed E-state index contributed by atoms with van der Waals surface area (Å²) in [5, 5.41) is 20.4. The molecule has 0 spiro atoms. The van der Waals surface area contributed by atoms with Gasteiger partial charge in [-0.1, -0.05) is 118 Å². The van der Waals surface area contributed by atoms with Gasteiger partial charge >= 0.3 is 11.9 Å². The molecule has 0 aliphatic rings. The number of unbranched alkanes of at least 4 members (excludes halogenated alkanes) is 14. The van der Waals surface area contributed by atoms with Crippen LogP contribution in [0.5, 0.6) is 0 Å². The molecule has 0 aliphatic heterocycles. The van der Waals surface area contributed by atoms with Gasteiger partial charge in [-0.3, -0.25) is 4.79 Å². The summed E-state index contributed by atoms with van der Waals surface area (Å²) in [6.45, 7) is 8.59. The number of nitrogens with one attached hydrogen (secondary N) is 1. The molecule has 6 nitrogen and oxygen atoms in total. The van der Waals surface area contributed by atoms with Crippen molar-refractivity contribution in [3.8, 4) is 0 Å². The molecule has 0 unspecified atom stereocenters. The van der Waals surface area contributed by atoms with Crippen LogP contribution in [-0.2, 0) is 4.79 Å². The summed E-state index contributed by atoms with van der Waals surface area (Å²) in [5.74, 6) is -1.80. The van der Waals surface area contributed by atoms with E-state index in [1.54, 1.807) is 30.0 Å². The highest BCUT2D eigenvalue weighted by molar-refractivity contribution is 8.02. The SMILES string of the molecule is CC(C)(C)Sc1ccc(C(=O)O)s1.CCCCCCCCCCCCCCCCCC(=O)Nc1ccc(C(=O)O)cc1. The molecule has 0 saturated heterocycles. The number of hydrogen-bond donors (Lipinski definition) is 3. The fraction of sp³-hybridized carbons (Fsp3) is 0.618. The minimum atomic E-state index is -0.958. The van der Waals surface area contributed by atoms with Crippen LogP contribution in [0.3, 0.4) is 0 Å². The van der Waals surface area contributed by atoms with E-state index in [1.807, 2.05) is 6.07 Å². The second kappa shape index (κ2) is 22.3. The van der Waals surface area contributed by atoms with E-state index in [0.29, 0.717) is 17.0 Å². The molecule has 0 aliphatic carbocycles. The predicted octanol–water partition coefficient (Wildman–Crippen LogP) is 10.9. The summed E-state index contributed by atoms with van der Waals surface area (Å²) in [6.07, 6.45) is 20.2. The van der Waals surface area contributed by atoms with Crippen molar-refractivity contribution in [2.24, 2.45) is 0 Å². The van der Waals surface area contributed by atoms with Gasteiger partial charge in [0.2, 0.25) is 5.91 Å². The number of thioether (sulfide) groups is 1. The third-order valence-electron chi connectivity index (χ3n) is 6.62. The lowest BCUT2D eigenvalue weighted by molar-refractivity contribution is -0.116. The first-order valence-electron chi connectivity index (χ1n) is 15.7. The van der Waals surface area contributed by atoms with Crippen LogP contribution in [0.1, 0.15) is 150 Å². The lowest BCUT2D eigenvalue weighted by Crippen LogP contribution is -2.11. The number of hydrogen-bond acceptors (Lipinski definition) is 5. The lowest BCUT2D eigenvalue weighted by atomic mass is 10.0. The number of carbonyl (C=O) groups is 3. The summed E-state index contributed by atoms with van der Waals surface area (Å²) in [6, 6.07) is 9.80. The smallest absolute Gasteiger partial charge is 0.345 e. The zero-order valence-electron chi connectivity index (χ0n) is 26.2. The Bertz CT molecular complexity index is 1030. The van der Waals surface area contributed by atoms with Gasteiger partial charge in [0.1, 0.15) is 4.88 Å². The van der Waals surface area contributed by atoms with E-state index in [0.717, 1.165) is 17.1 Å². The second-order valence-corrected chi connectivity index (χ2v) is 15.0. The van der Waals surface area contributed by atoms with Crippen molar-refractivity contribution in [3.63, 3.8) is 0 Å². The summed E-state index contributed by atoms with van der Waals surface area (Å²) >= 11 is 3.03. The van der Waals surface area contributed by atoms with Crippen LogP contribution in [0.25, 0.3) is 0 Å². The summed E-state index contributed by atoms with van der Waals surface area (Å²) < 4.78 is 1.20. The minimum absolute atomic E-state index is 0.00256. The Morgan fingerprint density at radius 2 is 1.17 bits per heavy atom. The van der Waals surface area contributed by atoms with Gasteiger partial charge in [0.15, 0.2) is 0 Å². The lowest BCUT2D eigenvalue weighted by Gasteiger charge is -2.15. The molecule has 1 aromatic carbocycles. The Labute approximate surface area is 262 Å². The van der Waals surface area contributed by atoms with Crippen LogP contribution in [0.2, 0.25) is 0 Å². The van der Waals surface area contributed by atoms with Crippen molar-refractivity contribution in [3.05, 3.63) is 46.8 Å². The number of amides is 1. The molecule has 1 amide bonds. The number of thiophene rings is 1. The van der Waals surface area contributed by atoms with Crippen molar-refractivity contribution >= 4 is 46.6 Å². The van der Waals surface area contributed by atoms with Gasteiger partial charge < -0.3 is 15.5 Å². The van der Waals surface area contributed by atoms with E-state index in [-0.39, 0.29) is 16.2 Å². The van der Waals surface area contributed by atoms with Crippen LogP contribution >= 0.6 is 23.1 Å². The zero-order valence-corrected chi connectivity index (χ0v) is 27.8. The van der Waals surface area contributed by atoms with E-state index in [4.69, 9.17) is 10.2 Å². The summed E-state index contributed by atoms with van der Waals surface area (Å²) in [4.78, 5) is 33.7. The normalized spacial score (nSPS) is 11.0. The van der Waals surface area contributed by atoms with Crippen molar-refractivity contribution in [1.82, 2.24) is 0 Å². The van der Waals surface area contributed by atoms with E-state index >= 15 is 0 Å². The molecular formula is C34H53NO5S2. The quantitative estimate of drug-likeness (QED) is 0.101. The molecule has 8 heteroatoms. The molecule has 0 bridgehead atoms. The number of rotatable bonds is 20. The van der Waals surface area contributed by atoms with Crippen LogP contribution in [0.15, 0.2) is 40.6 Å². The summed E-state index contributed by atoms with van der Waals surface area (Å²) in [7, 11) is 0. The van der Waals surface area contributed by atoms with Crippen LogP contribution in [-0.4, -0.2) is 32.8 Å². The molecule has 0 fully saturated rings. The molecule has 0 saturated carbocycles. The van der Waals surface area contributed by atoms with Gasteiger partial charge in [0.25, 0.3) is 0 Å². The molecule has 236 valence electrons. The topological polar surface area (TPSA) is 104 Å². The fourth-order valence-electron chi connectivity index (χ4n) is 4.37. The van der Waals surface area contributed by atoms with Crippen molar-refractivity contribution in [1.29, 1.82) is 0 Å². The molecule has 1 heterocycles. The molecule has 3 N–H and O–H groups in total. The largest absolute Gasteiger partial charge is 0.478 e. The number of aromatic carboxylic acids is 2. The number of benzene rings is 1. The average Bonchev–Trinajstić information content (AvgIpc) is 3.39. The highest BCUT2D eigenvalue weighted by Crippen LogP contribution is 2.36. The first kappa shape index (κ1) is 37.7. The first-order valence-corrected chi connectivity index (χ1v) is 17.3. The Hall–Kier alpha value is -2.32. The molecule has 0 atom stereocenters. The van der Waals surface area contributed by atoms with Crippen LogP contribution in [0.4, 0.5) is 5.69 Å². The maximum atomic E-state index is 11.9. The van der Waals surface area contributed by atoms with Crippen LogP contribution < -0.4 is 5.32 Å². The van der Waals surface area contributed by atoms with Crippen molar-refractivity contribution in [2.45, 2.75) is 139 Å². The van der Waals surface area contributed by atoms with Gasteiger partial charge in [-0.2, -0.15) is 0 Å². The number of carboxylic acid groups (broad SMARTS) is 2. The Kier molecular flexibility index (Phi) is 20.0. The Morgan fingerprint density at radius 1 is 0.690 bits per heavy atom. The summed E-state index contributed by atoms with van der Waals surface area (Å²) in [5.41, 5.74) is 0.881.